The molecule has 2 aliphatic rings. The highest BCUT2D eigenvalue weighted by Gasteiger charge is 2.13. The van der Waals surface area contributed by atoms with Gasteiger partial charge >= 0.3 is 0 Å². The van der Waals surface area contributed by atoms with E-state index in [1.807, 2.05) is 6.21 Å². The van der Waals surface area contributed by atoms with Crippen molar-refractivity contribution in [2.45, 2.75) is 134 Å². The summed E-state index contributed by atoms with van der Waals surface area (Å²) in [4.78, 5) is 4.21. The maximum atomic E-state index is 5.31. The number of fused-ring (bicyclic) bond motifs is 1. The van der Waals surface area contributed by atoms with Crippen molar-refractivity contribution >= 4 is 11.8 Å². The molecule has 1 aliphatic carbocycles. The number of hydrogen-bond acceptors (Lipinski definition) is 2. The van der Waals surface area contributed by atoms with E-state index in [4.69, 9.17) is 5.73 Å². The number of allylic oxidation sites excluding steroid dienone is 4. The van der Waals surface area contributed by atoms with Crippen LogP contribution in [0, 0.1) is 36.5 Å². The molecule has 1 heterocycles. The summed E-state index contributed by atoms with van der Waals surface area (Å²) in [7, 11) is 0. The predicted octanol–water partition coefficient (Wildman–Crippen LogP) is 13.9. The van der Waals surface area contributed by atoms with Gasteiger partial charge in [0.05, 0.1) is 0 Å². The van der Waals surface area contributed by atoms with Crippen LogP contribution in [0.15, 0.2) is 102 Å². The van der Waals surface area contributed by atoms with E-state index >= 15 is 0 Å². The quantitative estimate of drug-likeness (QED) is 0.189. The molecular weight excluding hydrogens is 617 g/mol. The SMILES string of the molecule is CC(C)CC1=CCC=N1.CC(C)CC1=CCc2ccccc21.CC(C)CCCCN.CC(C)Cc1ccccc1.Cc1ccc(CC(C)C)cc1. The van der Waals surface area contributed by atoms with E-state index in [1.165, 1.54) is 72.0 Å². The molecule has 2 N–H and O–H groups in total. The van der Waals surface area contributed by atoms with Gasteiger partial charge in [0.25, 0.3) is 0 Å². The van der Waals surface area contributed by atoms with Crippen LogP contribution in [0.3, 0.4) is 0 Å². The van der Waals surface area contributed by atoms with Gasteiger partial charge in [0, 0.05) is 18.3 Å². The van der Waals surface area contributed by atoms with E-state index in [2.05, 4.69) is 172 Å². The number of rotatable bonds is 12. The molecule has 0 aromatic heterocycles. The number of unbranched alkanes of at least 4 members (excludes halogenated alkanes) is 1. The molecule has 0 amide bonds. The van der Waals surface area contributed by atoms with E-state index in [-0.39, 0.29) is 0 Å². The summed E-state index contributed by atoms with van der Waals surface area (Å²) < 4.78 is 0. The molecule has 0 unspecified atom stereocenters. The number of nitrogens with zero attached hydrogens (tertiary/aromatic N) is 1. The van der Waals surface area contributed by atoms with Gasteiger partial charge in [0.15, 0.2) is 0 Å². The lowest BCUT2D eigenvalue weighted by Gasteiger charge is -2.07. The van der Waals surface area contributed by atoms with Crippen molar-refractivity contribution in [1.82, 2.24) is 0 Å². The summed E-state index contributed by atoms with van der Waals surface area (Å²) in [5, 5.41) is 0. The Morgan fingerprint density at radius 1 is 0.569 bits per heavy atom. The molecule has 0 atom stereocenters. The first-order valence-electron chi connectivity index (χ1n) is 20.1. The first-order valence-corrected chi connectivity index (χ1v) is 20.1. The molecule has 5 rings (SSSR count). The third-order valence-corrected chi connectivity index (χ3v) is 8.38. The molecular formula is C49H76N2. The fourth-order valence-electron chi connectivity index (χ4n) is 5.93. The average Bonchev–Trinajstić information content (AvgIpc) is 3.73. The Labute approximate surface area is 316 Å². The van der Waals surface area contributed by atoms with E-state index < -0.39 is 0 Å². The highest BCUT2D eigenvalue weighted by molar-refractivity contribution is 5.73. The van der Waals surface area contributed by atoms with E-state index in [1.54, 1.807) is 5.57 Å². The van der Waals surface area contributed by atoms with Gasteiger partial charge in [-0.1, -0.05) is 179 Å². The lowest BCUT2D eigenvalue weighted by molar-refractivity contribution is 0.541. The van der Waals surface area contributed by atoms with Crippen LogP contribution in [-0.4, -0.2) is 12.8 Å². The van der Waals surface area contributed by atoms with Crippen LogP contribution in [0.25, 0.3) is 5.57 Å². The Morgan fingerprint density at radius 3 is 1.63 bits per heavy atom. The van der Waals surface area contributed by atoms with Crippen LogP contribution in [0.4, 0.5) is 0 Å². The van der Waals surface area contributed by atoms with Crippen LogP contribution in [-0.2, 0) is 19.3 Å². The van der Waals surface area contributed by atoms with Crippen molar-refractivity contribution in [1.29, 1.82) is 0 Å². The summed E-state index contributed by atoms with van der Waals surface area (Å²) in [5.74, 6) is 3.88. The average molecular weight is 693 g/mol. The molecule has 0 fully saturated rings. The molecule has 0 spiro atoms. The van der Waals surface area contributed by atoms with Gasteiger partial charge in [0.1, 0.15) is 0 Å². The molecule has 1 aliphatic heterocycles. The molecule has 0 bridgehead atoms. The Bertz CT molecular complexity index is 1370. The lowest BCUT2D eigenvalue weighted by atomic mass is 9.98. The van der Waals surface area contributed by atoms with Gasteiger partial charge in [0.2, 0.25) is 0 Å². The first kappa shape index (κ1) is 45.8. The van der Waals surface area contributed by atoms with Gasteiger partial charge in [-0.15, -0.1) is 0 Å². The molecule has 0 saturated carbocycles. The molecule has 51 heavy (non-hydrogen) atoms. The Balaban J connectivity index is 0.000000322. The van der Waals surface area contributed by atoms with Crippen molar-refractivity contribution in [3.63, 3.8) is 0 Å². The zero-order chi connectivity index (χ0) is 38.0. The summed E-state index contributed by atoms with van der Waals surface area (Å²) in [6.07, 6.45) is 17.3. The van der Waals surface area contributed by atoms with Crippen LogP contribution in [0.1, 0.15) is 136 Å². The normalized spacial score (nSPS) is 12.6. The molecule has 2 nitrogen and oxygen atoms in total. The second-order valence-electron chi connectivity index (χ2n) is 16.4. The summed E-state index contributed by atoms with van der Waals surface area (Å²) in [6, 6.07) is 28.2. The standard InChI is InChI=1S/C13H16.C11H16.C10H14.C8H13N.C7H17N/c1-10(2)9-12-8-7-11-5-3-4-6-13(11)12;1-9(2)8-11-6-4-10(3)5-7-11;1-9(2)8-10-6-4-3-5-7-10;1-7(2)6-8-4-3-5-9-8;1-7(2)5-3-4-6-8/h3-6,8,10H,7,9H2,1-2H3;4-7,9H,8H2,1-3H3;3-7,9H,8H2,1-2H3;4-5,7H,3,6H2,1-2H3;7H,3-6,8H2,1-2H3. The maximum Gasteiger partial charge on any atom is 0.0366 e. The smallest absolute Gasteiger partial charge is 0.0366 e. The van der Waals surface area contributed by atoms with Crippen LogP contribution < -0.4 is 5.73 Å². The minimum atomic E-state index is 0.742. The predicted molar refractivity (Wildman–Crippen MR) is 231 cm³/mol. The van der Waals surface area contributed by atoms with Crippen molar-refractivity contribution < 1.29 is 0 Å². The number of nitrogens with two attached hydrogens (primary N) is 1. The zero-order valence-electron chi connectivity index (χ0n) is 34.7. The molecule has 3 aromatic carbocycles. The van der Waals surface area contributed by atoms with Crippen molar-refractivity contribution in [3.05, 3.63) is 125 Å². The fourth-order valence-corrected chi connectivity index (χ4v) is 5.93. The van der Waals surface area contributed by atoms with Crippen LogP contribution in [0.5, 0.6) is 0 Å². The second-order valence-corrected chi connectivity index (χ2v) is 16.4. The van der Waals surface area contributed by atoms with Gasteiger partial charge in [-0.3, -0.25) is 4.99 Å². The highest BCUT2D eigenvalue weighted by atomic mass is 14.7. The number of benzene rings is 3. The molecule has 3 aromatic rings. The summed E-state index contributed by atoms with van der Waals surface area (Å²) in [6.45, 7) is 25.4. The van der Waals surface area contributed by atoms with Gasteiger partial charge in [-0.05, 0) is 109 Å². The Hall–Kier alpha value is -3.23. The number of aliphatic imine (C=N–C) groups is 1. The van der Waals surface area contributed by atoms with Gasteiger partial charge < -0.3 is 5.73 Å². The summed E-state index contributed by atoms with van der Waals surface area (Å²) in [5.41, 5.74) is 15.3. The fraction of sp³-hybridized carbons (Fsp3) is 0.531. The maximum absolute atomic E-state index is 5.31. The third-order valence-electron chi connectivity index (χ3n) is 8.38. The highest BCUT2D eigenvalue weighted by Crippen LogP contribution is 2.31. The van der Waals surface area contributed by atoms with E-state index in [9.17, 15) is 0 Å². The molecule has 282 valence electrons. The van der Waals surface area contributed by atoms with Crippen molar-refractivity contribution in [2.75, 3.05) is 6.54 Å². The summed E-state index contributed by atoms with van der Waals surface area (Å²) >= 11 is 0. The van der Waals surface area contributed by atoms with Crippen LogP contribution >= 0.6 is 0 Å². The Kier molecular flexibility index (Phi) is 24.6. The zero-order valence-corrected chi connectivity index (χ0v) is 34.7. The monoisotopic (exact) mass is 693 g/mol. The molecule has 0 saturated heterocycles. The van der Waals surface area contributed by atoms with Gasteiger partial charge in [-0.25, -0.2) is 0 Å². The second kappa shape index (κ2) is 27.4. The first-order chi connectivity index (χ1) is 24.3. The number of aryl methyl sites for hydroxylation is 1. The lowest BCUT2D eigenvalue weighted by Crippen LogP contribution is -1.98. The topological polar surface area (TPSA) is 38.4 Å². The van der Waals surface area contributed by atoms with E-state index in [0.717, 1.165) is 55.4 Å². The number of hydrogen-bond donors (Lipinski definition) is 1. The van der Waals surface area contributed by atoms with Crippen molar-refractivity contribution in [3.8, 4) is 0 Å². The van der Waals surface area contributed by atoms with Gasteiger partial charge in [-0.2, -0.15) is 0 Å². The molecule has 2 heteroatoms. The van der Waals surface area contributed by atoms with Crippen molar-refractivity contribution in [2.24, 2.45) is 40.3 Å². The minimum absolute atomic E-state index is 0.742. The van der Waals surface area contributed by atoms with Crippen LogP contribution in [0.2, 0.25) is 0 Å². The van der Waals surface area contributed by atoms with E-state index in [0.29, 0.717) is 0 Å². The minimum Gasteiger partial charge on any atom is -0.330 e. The molecule has 0 radical (unpaired) electrons. The third kappa shape index (κ3) is 23.8. The largest absolute Gasteiger partial charge is 0.330 e. The Morgan fingerprint density at radius 2 is 1.12 bits per heavy atom.